The van der Waals surface area contributed by atoms with Crippen molar-refractivity contribution in [3.8, 4) is 0 Å². The predicted octanol–water partition coefficient (Wildman–Crippen LogP) is 5.23. The van der Waals surface area contributed by atoms with Crippen molar-refractivity contribution in [3.63, 3.8) is 0 Å². The maximum Gasteiger partial charge on any atom is 0.229 e. The Morgan fingerprint density at radius 2 is 1.81 bits per heavy atom. The van der Waals surface area contributed by atoms with E-state index in [1.807, 2.05) is 6.92 Å². The third kappa shape index (κ3) is 3.27. The molecule has 0 saturated carbocycles. The average molecular weight is 344 g/mol. The summed E-state index contributed by atoms with van der Waals surface area (Å²) in [6.07, 6.45) is 2.27. The molecule has 26 heavy (non-hydrogen) atoms. The van der Waals surface area contributed by atoms with Crippen LogP contribution in [0.5, 0.6) is 0 Å². The fourth-order valence-electron chi connectivity index (χ4n) is 3.51. The molecule has 0 atom stereocenters. The molecule has 2 heterocycles. The van der Waals surface area contributed by atoms with Gasteiger partial charge in [-0.3, -0.25) is 0 Å². The molecule has 0 amide bonds. The Morgan fingerprint density at radius 1 is 0.962 bits per heavy atom. The van der Waals surface area contributed by atoms with Gasteiger partial charge in [-0.05, 0) is 62.4 Å². The van der Waals surface area contributed by atoms with Crippen LogP contribution in [0.3, 0.4) is 0 Å². The summed E-state index contributed by atoms with van der Waals surface area (Å²) in [6.45, 7) is 7.20. The fraction of sp³-hybridized carbons (Fsp3) is 0.273. The summed E-state index contributed by atoms with van der Waals surface area (Å²) in [5, 5.41) is 3.41. The van der Waals surface area contributed by atoms with Crippen LogP contribution < -0.4 is 10.2 Å². The van der Waals surface area contributed by atoms with Gasteiger partial charge in [-0.2, -0.15) is 4.98 Å². The van der Waals surface area contributed by atoms with Crippen LogP contribution in [-0.2, 0) is 6.42 Å². The van der Waals surface area contributed by atoms with Crippen LogP contribution in [0, 0.1) is 20.8 Å². The molecule has 2 aromatic carbocycles. The van der Waals surface area contributed by atoms with Crippen LogP contribution in [0.15, 0.2) is 48.5 Å². The van der Waals surface area contributed by atoms with Gasteiger partial charge < -0.3 is 10.2 Å². The zero-order chi connectivity index (χ0) is 18.1. The van der Waals surface area contributed by atoms with Crippen molar-refractivity contribution in [3.05, 3.63) is 70.9 Å². The molecule has 0 unspecified atom stereocenters. The van der Waals surface area contributed by atoms with Gasteiger partial charge in [-0.15, -0.1) is 0 Å². The molecule has 0 bridgehead atoms. The van der Waals surface area contributed by atoms with Crippen LogP contribution in [0.1, 0.15) is 28.8 Å². The van der Waals surface area contributed by atoms with E-state index in [1.54, 1.807) is 0 Å². The van der Waals surface area contributed by atoms with Gasteiger partial charge in [-0.25, -0.2) is 4.98 Å². The first-order chi connectivity index (χ1) is 12.6. The second-order valence-corrected chi connectivity index (χ2v) is 7.02. The minimum absolute atomic E-state index is 0.650. The Balaban J connectivity index is 1.70. The molecule has 0 fully saturated rings. The smallest absolute Gasteiger partial charge is 0.229 e. The quantitative estimate of drug-likeness (QED) is 0.706. The van der Waals surface area contributed by atoms with E-state index in [-0.39, 0.29) is 0 Å². The first-order valence-electron chi connectivity index (χ1n) is 9.15. The Morgan fingerprint density at radius 3 is 2.69 bits per heavy atom. The molecule has 4 nitrogen and oxygen atoms in total. The minimum Gasteiger partial charge on any atom is -0.326 e. The van der Waals surface area contributed by atoms with Crippen LogP contribution >= 0.6 is 0 Å². The standard InChI is InChI=1S/C22H24N4/c1-15-10-11-16(2)19(13-15)24-22-23-17(3)14-21(25-22)26-12-6-8-18-7-4-5-9-20(18)26/h4-5,7,9-11,13-14H,6,8,12H2,1-3H3,(H,23,24,25). The number of nitrogens with one attached hydrogen (secondary N) is 1. The Bertz CT molecular complexity index is 949. The molecule has 4 heteroatoms. The topological polar surface area (TPSA) is 41.1 Å². The summed E-state index contributed by atoms with van der Waals surface area (Å²) in [4.78, 5) is 11.7. The van der Waals surface area contributed by atoms with Gasteiger partial charge in [0.2, 0.25) is 5.95 Å². The second-order valence-electron chi connectivity index (χ2n) is 7.02. The van der Waals surface area contributed by atoms with Crippen molar-refractivity contribution in [2.24, 2.45) is 0 Å². The Kier molecular flexibility index (Phi) is 4.33. The highest BCUT2D eigenvalue weighted by atomic mass is 15.2. The summed E-state index contributed by atoms with van der Waals surface area (Å²) in [5.41, 5.74) is 7.07. The zero-order valence-electron chi connectivity index (χ0n) is 15.6. The van der Waals surface area contributed by atoms with Gasteiger partial charge in [0.1, 0.15) is 5.82 Å². The number of hydrogen-bond donors (Lipinski definition) is 1. The van der Waals surface area contributed by atoms with Crippen molar-refractivity contribution in [2.45, 2.75) is 33.6 Å². The number of aryl methyl sites for hydroxylation is 4. The highest BCUT2D eigenvalue weighted by Crippen LogP contribution is 2.33. The molecular formula is C22H24N4. The Labute approximate surface area is 154 Å². The lowest BCUT2D eigenvalue weighted by molar-refractivity contribution is 0.758. The van der Waals surface area contributed by atoms with Crippen molar-refractivity contribution >= 4 is 23.1 Å². The first kappa shape index (κ1) is 16.6. The second kappa shape index (κ2) is 6.79. The van der Waals surface area contributed by atoms with Gasteiger partial charge in [-0.1, -0.05) is 30.3 Å². The maximum atomic E-state index is 4.83. The molecule has 1 N–H and O–H groups in total. The SMILES string of the molecule is Cc1ccc(C)c(Nc2nc(C)cc(N3CCCc4ccccc43)n2)c1. The van der Waals surface area contributed by atoms with Crippen LogP contribution in [-0.4, -0.2) is 16.5 Å². The van der Waals surface area contributed by atoms with Crippen molar-refractivity contribution in [2.75, 3.05) is 16.8 Å². The number of nitrogens with zero attached hydrogens (tertiary/aromatic N) is 3. The van der Waals surface area contributed by atoms with Gasteiger partial charge in [0.15, 0.2) is 0 Å². The summed E-state index contributed by atoms with van der Waals surface area (Å²) in [6, 6.07) is 17.0. The number of aromatic nitrogens is 2. The average Bonchev–Trinajstić information content (AvgIpc) is 2.64. The molecule has 0 aliphatic carbocycles. The third-order valence-electron chi connectivity index (χ3n) is 4.87. The molecular weight excluding hydrogens is 320 g/mol. The zero-order valence-corrected chi connectivity index (χ0v) is 15.6. The number of anilines is 4. The van der Waals surface area contributed by atoms with Crippen molar-refractivity contribution in [1.29, 1.82) is 0 Å². The fourth-order valence-corrected chi connectivity index (χ4v) is 3.51. The lowest BCUT2D eigenvalue weighted by Crippen LogP contribution is -2.25. The molecule has 132 valence electrons. The highest BCUT2D eigenvalue weighted by molar-refractivity contribution is 5.67. The van der Waals surface area contributed by atoms with E-state index in [4.69, 9.17) is 4.98 Å². The molecule has 1 aliphatic heterocycles. The lowest BCUT2D eigenvalue weighted by atomic mass is 10.0. The third-order valence-corrected chi connectivity index (χ3v) is 4.87. The highest BCUT2D eigenvalue weighted by Gasteiger charge is 2.19. The summed E-state index contributed by atoms with van der Waals surface area (Å²) < 4.78 is 0. The number of fused-ring (bicyclic) bond motifs is 1. The van der Waals surface area contributed by atoms with E-state index in [1.165, 1.54) is 22.4 Å². The number of benzene rings is 2. The molecule has 1 aliphatic rings. The van der Waals surface area contributed by atoms with Gasteiger partial charge in [0.05, 0.1) is 0 Å². The maximum absolute atomic E-state index is 4.83. The lowest BCUT2D eigenvalue weighted by Gasteiger charge is -2.30. The van der Waals surface area contributed by atoms with E-state index in [9.17, 15) is 0 Å². The summed E-state index contributed by atoms with van der Waals surface area (Å²) >= 11 is 0. The van der Waals surface area contributed by atoms with Crippen molar-refractivity contribution < 1.29 is 0 Å². The van der Waals surface area contributed by atoms with Crippen LogP contribution in [0.25, 0.3) is 0 Å². The van der Waals surface area contributed by atoms with Gasteiger partial charge in [0.25, 0.3) is 0 Å². The first-order valence-corrected chi connectivity index (χ1v) is 9.15. The van der Waals surface area contributed by atoms with Crippen LogP contribution in [0.4, 0.5) is 23.1 Å². The molecule has 0 saturated heterocycles. The molecule has 0 radical (unpaired) electrons. The normalized spacial score (nSPS) is 13.4. The van der Waals surface area contributed by atoms with E-state index in [0.29, 0.717) is 5.95 Å². The molecule has 3 aromatic rings. The monoisotopic (exact) mass is 344 g/mol. The van der Waals surface area contributed by atoms with E-state index >= 15 is 0 Å². The van der Waals surface area contributed by atoms with E-state index < -0.39 is 0 Å². The number of para-hydroxylation sites is 1. The van der Waals surface area contributed by atoms with Crippen LogP contribution in [0.2, 0.25) is 0 Å². The predicted molar refractivity (Wildman–Crippen MR) is 108 cm³/mol. The summed E-state index contributed by atoms with van der Waals surface area (Å²) in [7, 11) is 0. The molecule has 4 rings (SSSR count). The largest absolute Gasteiger partial charge is 0.326 e. The Hall–Kier alpha value is -2.88. The molecule has 0 spiro atoms. The van der Waals surface area contributed by atoms with E-state index in [0.717, 1.165) is 36.6 Å². The summed E-state index contributed by atoms with van der Waals surface area (Å²) in [5.74, 6) is 1.61. The minimum atomic E-state index is 0.650. The number of rotatable bonds is 3. The number of hydrogen-bond acceptors (Lipinski definition) is 4. The molecule has 1 aromatic heterocycles. The van der Waals surface area contributed by atoms with Crippen molar-refractivity contribution in [1.82, 2.24) is 9.97 Å². The van der Waals surface area contributed by atoms with E-state index in [2.05, 4.69) is 77.6 Å². The van der Waals surface area contributed by atoms with Gasteiger partial charge >= 0.3 is 0 Å². The van der Waals surface area contributed by atoms with Gasteiger partial charge in [0, 0.05) is 29.7 Å².